The van der Waals surface area contributed by atoms with Gasteiger partial charge in [0.25, 0.3) is 0 Å². The summed E-state index contributed by atoms with van der Waals surface area (Å²) in [4.78, 5) is 4.09. The molecule has 5 heteroatoms. The van der Waals surface area contributed by atoms with Gasteiger partial charge in [0, 0.05) is 23.9 Å². The lowest BCUT2D eigenvalue weighted by Gasteiger charge is -2.02. The molecule has 0 atom stereocenters. The van der Waals surface area contributed by atoms with Crippen LogP contribution in [-0.2, 0) is 0 Å². The van der Waals surface area contributed by atoms with Gasteiger partial charge in [-0.1, -0.05) is 0 Å². The maximum absolute atomic E-state index is 4.97. The van der Waals surface area contributed by atoms with Crippen molar-refractivity contribution in [1.29, 1.82) is 0 Å². The van der Waals surface area contributed by atoms with Gasteiger partial charge in [-0.25, -0.2) is 4.98 Å². The van der Waals surface area contributed by atoms with Crippen molar-refractivity contribution in [2.24, 2.45) is 0 Å². The third-order valence-electron chi connectivity index (χ3n) is 2.09. The van der Waals surface area contributed by atoms with Crippen molar-refractivity contribution in [3.05, 3.63) is 30.5 Å². The minimum atomic E-state index is 0.491. The van der Waals surface area contributed by atoms with Gasteiger partial charge in [0.1, 0.15) is 0 Å². The number of methoxy groups -OCH3 is 2. The fourth-order valence-corrected chi connectivity index (χ4v) is 1.24. The standard InChI is InChI=1S/C11H11N3O2/c1-15-10-5-3-8(7-12-10)9-4-6-11(16-2)14-13-9/h3-7H,1-2H3. The first-order valence-corrected chi connectivity index (χ1v) is 4.71. The van der Waals surface area contributed by atoms with E-state index in [4.69, 9.17) is 9.47 Å². The number of ether oxygens (including phenoxy) is 2. The molecule has 0 aliphatic carbocycles. The van der Waals surface area contributed by atoms with E-state index in [2.05, 4.69) is 15.2 Å². The Bertz CT molecular complexity index is 408. The molecule has 0 radical (unpaired) electrons. The summed E-state index contributed by atoms with van der Waals surface area (Å²) in [6.45, 7) is 0. The predicted octanol–water partition coefficient (Wildman–Crippen LogP) is 1.56. The lowest BCUT2D eigenvalue weighted by molar-refractivity contribution is 0.392. The highest BCUT2D eigenvalue weighted by Gasteiger charge is 2.02. The normalized spacial score (nSPS) is 9.88. The van der Waals surface area contributed by atoms with E-state index in [0.717, 1.165) is 11.3 Å². The predicted molar refractivity (Wildman–Crippen MR) is 58.4 cm³/mol. The monoisotopic (exact) mass is 217 g/mol. The summed E-state index contributed by atoms with van der Waals surface area (Å²) in [5.74, 6) is 1.07. The van der Waals surface area contributed by atoms with Crippen LogP contribution in [0.3, 0.4) is 0 Å². The molecule has 0 unspecified atom stereocenters. The van der Waals surface area contributed by atoms with Crippen LogP contribution in [0.25, 0.3) is 11.3 Å². The molecule has 0 aliphatic rings. The van der Waals surface area contributed by atoms with Crippen molar-refractivity contribution >= 4 is 0 Å². The van der Waals surface area contributed by atoms with E-state index in [0.29, 0.717) is 11.8 Å². The second-order valence-corrected chi connectivity index (χ2v) is 3.05. The quantitative estimate of drug-likeness (QED) is 0.780. The molecule has 5 nitrogen and oxygen atoms in total. The van der Waals surface area contributed by atoms with E-state index >= 15 is 0 Å². The number of rotatable bonds is 3. The first-order chi connectivity index (χ1) is 7.83. The van der Waals surface area contributed by atoms with Gasteiger partial charge >= 0.3 is 0 Å². The maximum Gasteiger partial charge on any atom is 0.233 e. The molecule has 0 aromatic carbocycles. The molecule has 0 amide bonds. The summed E-state index contributed by atoms with van der Waals surface area (Å²) in [7, 11) is 3.13. The summed E-state index contributed by atoms with van der Waals surface area (Å²) in [6.07, 6.45) is 1.69. The zero-order chi connectivity index (χ0) is 11.4. The van der Waals surface area contributed by atoms with Gasteiger partial charge in [0.05, 0.1) is 19.9 Å². The zero-order valence-electron chi connectivity index (χ0n) is 9.04. The Morgan fingerprint density at radius 3 is 2.12 bits per heavy atom. The van der Waals surface area contributed by atoms with Crippen molar-refractivity contribution < 1.29 is 9.47 Å². The molecule has 0 spiro atoms. The average molecular weight is 217 g/mol. The van der Waals surface area contributed by atoms with Crippen LogP contribution in [0.2, 0.25) is 0 Å². The largest absolute Gasteiger partial charge is 0.481 e. The topological polar surface area (TPSA) is 57.1 Å². The number of pyridine rings is 1. The second-order valence-electron chi connectivity index (χ2n) is 3.05. The number of aromatic nitrogens is 3. The van der Waals surface area contributed by atoms with Crippen molar-refractivity contribution in [2.45, 2.75) is 0 Å². The summed E-state index contributed by atoms with van der Waals surface area (Å²) >= 11 is 0. The first-order valence-electron chi connectivity index (χ1n) is 4.71. The van der Waals surface area contributed by atoms with E-state index in [-0.39, 0.29) is 0 Å². The van der Waals surface area contributed by atoms with Gasteiger partial charge in [0.15, 0.2) is 0 Å². The van der Waals surface area contributed by atoms with Gasteiger partial charge < -0.3 is 9.47 Å². The van der Waals surface area contributed by atoms with Gasteiger partial charge in [0.2, 0.25) is 11.8 Å². The van der Waals surface area contributed by atoms with Crippen molar-refractivity contribution in [2.75, 3.05) is 14.2 Å². The van der Waals surface area contributed by atoms with Crippen molar-refractivity contribution in [1.82, 2.24) is 15.2 Å². The SMILES string of the molecule is COc1ccc(-c2ccc(OC)nn2)cn1. The zero-order valence-corrected chi connectivity index (χ0v) is 9.04. The Morgan fingerprint density at radius 2 is 1.62 bits per heavy atom. The molecule has 2 rings (SSSR count). The lowest BCUT2D eigenvalue weighted by Crippen LogP contribution is -1.93. The molecule has 0 fully saturated rings. The Hall–Kier alpha value is -2.17. The average Bonchev–Trinajstić information content (AvgIpc) is 2.39. The minimum Gasteiger partial charge on any atom is -0.481 e. The molecule has 2 heterocycles. The fourth-order valence-electron chi connectivity index (χ4n) is 1.24. The van der Waals surface area contributed by atoms with Crippen LogP contribution in [0.5, 0.6) is 11.8 Å². The van der Waals surface area contributed by atoms with Crippen LogP contribution < -0.4 is 9.47 Å². The minimum absolute atomic E-state index is 0.491. The Labute approximate surface area is 93.1 Å². The van der Waals surface area contributed by atoms with Gasteiger partial charge in [-0.2, -0.15) is 0 Å². The number of hydrogen-bond acceptors (Lipinski definition) is 5. The third-order valence-corrected chi connectivity index (χ3v) is 2.09. The number of nitrogens with zero attached hydrogens (tertiary/aromatic N) is 3. The fraction of sp³-hybridized carbons (Fsp3) is 0.182. The van der Waals surface area contributed by atoms with E-state index < -0.39 is 0 Å². The molecule has 0 saturated carbocycles. The van der Waals surface area contributed by atoms with Crippen LogP contribution in [0, 0.1) is 0 Å². The van der Waals surface area contributed by atoms with Crippen molar-refractivity contribution in [3.63, 3.8) is 0 Å². The van der Waals surface area contributed by atoms with E-state index in [1.807, 2.05) is 12.1 Å². The highest BCUT2D eigenvalue weighted by molar-refractivity contribution is 5.57. The van der Waals surface area contributed by atoms with Crippen LogP contribution >= 0.6 is 0 Å². The van der Waals surface area contributed by atoms with Crippen LogP contribution in [0.4, 0.5) is 0 Å². The van der Waals surface area contributed by atoms with E-state index in [1.165, 1.54) is 0 Å². The second kappa shape index (κ2) is 4.57. The Morgan fingerprint density at radius 1 is 0.875 bits per heavy atom. The summed E-state index contributed by atoms with van der Waals surface area (Å²) < 4.78 is 9.91. The summed E-state index contributed by atoms with van der Waals surface area (Å²) in [6, 6.07) is 7.24. The Kier molecular flexibility index (Phi) is 2.95. The number of hydrogen-bond donors (Lipinski definition) is 0. The van der Waals surface area contributed by atoms with Gasteiger partial charge in [-0.3, -0.25) is 0 Å². The molecule has 0 saturated heterocycles. The molecule has 0 bridgehead atoms. The van der Waals surface area contributed by atoms with Crippen LogP contribution in [-0.4, -0.2) is 29.4 Å². The van der Waals surface area contributed by atoms with Gasteiger partial charge in [-0.05, 0) is 12.1 Å². The first kappa shape index (κ1) is 10.4. The lowest BCUT2D eigenvalue weighted by atomic mass is 10.2. The molecule has 0 N–H and O–H groups in total. The molecule has 16 heavy (non-hydrogen) atoms. The summed E-state index contributed by atoms with van der Waals surface area (Å²) in [5, 5.41) is 7.90. The molecule has 0 aliphatic heterocycles. The Balaban J connectivity index is 2.28. The van der Waals surface area contributed by atoms with Crippen LogP contribution in [0.1, 0.15) is 0 Å². The molecular formula is C11H11N3O2. The molecule has 82 valence electrons. The molecule has 2 aromatic rings. The molecular weight excluding hydrogens is 206 g/mol. The maximum atomic E-state index is 4.97. The highest BCUT2D eigenvalue weighted by atomic mass is 16.5. The molecule has 2 aromatic heterocycles. The smallest absolute Gasteiger partial charge is 0.233 e. The van der Waals surface area contributed by atoms with E-state index in [9.17, 15) is 0 Å². The van der Waals surface area contributed by atoms with Gasteiger partial charge in [-0.15, -0.1) is 10.2 Å². The van der Waals surface area contributed by atoms with Crippen LogP contribution in [0.15, 0.2) is 30.5 Å². The highest BCUT2D eigenvalue weighted by Crippen LogP contribution is 2.18. The van der Waals surface area contributed by atoms with Crippen molar-refractivity contribution in [3.8, 4) is 23.0 Å². The summed E-state index contributed by atoms with van der Waals surface area (Å²) in [5.41, 5.74) is 1.63. The third kappa shape index (κ3) is 2.08. The van der Waals surface area contributed by atoms with E-state index in [1.54, 1.807) is 32.5 Å².